The number of hydrogen-bond donors (Lipinski definition) is 0. The van der Waals surface area contributed by atoms with Crippen molar-refractivity contribution in [3.05, 3.63) is 46.2 Å². The molecule has 9 heteroatoms. The molecular formula is C18H20N6O2S. The van der Waals surface area contributed by atoms with Gasteiger partial charge in [0.05, 0.1) is 17.7 Å². The molecule has 1 aliphatic heterocycles. The van der Waals surface area contributed by atoms with Crippen LogP contribution in [0.2, 0.25) is 0 Å². The van der Waals surface area contributed by atoms with Gasteiger partial charge in [-0.05, 0) is 25.2 Å². The van der Waals surface area contributed by atoms with Gasteiger partial charge < -0.3 is 0 Å². The number of rotatable bonds is 7. The summed E-state index contributed by atoms with van der Waals surface area (Å²) in [7, 11) is 0. The van der Waals surface area contributed by atoms with E-state index in [1.54, 1.807) is 28.8 Å². The molecular weight excluding hydrogens is 364 g/mol. The molecule has 0 radical (unpaired) electrons. The summed E-state index contributed by atoms with van der Waals surface area (Å²) >= 11 is 1.44. The molecule has 0 N–H and O–H groups in total. The monoisotopic (exact) mass is 384 g/mol. The molecule has 1 aromatic carbocycles. The van der Waals surface area contributed by atoms with E-state index in [2.05, 4.69) is 34.0 Å². The second-order valence-corrected chi connectivity index (χ2v) is 7.37. The smallest absolute Gasteiger partial charge is 0.261 e. The minimum atomic E-state index is -0.235. The lowest BCUT2D eigenvalue weighted by atomic mass is 10.1. The molecule has 0 atom stereocenters. The van der Waals surface area contributed by atoms with Crippen LogP contribution in [0.3, 0.4) is 0 Å². The van der Waals surface area contributed by atoms with Crippen molar-refractivity contribution in [3.8, 4) is 0 Å². The average Bonchev–Trinajstić information content (AvgIpc) is 3.32. The van der Waals surface area contributed by atoms with E-state index >= 15 is 0 Å². The zero-order chi connectivity index (χ0) is 19.0. The summed E-state index contributed by atoms with van der Waals surface area (Å²) < 4.78 is 1.76. The maximum Gasteiger partial charge on any atom is 0.261 e. The second kappa shape index (κ2) is 7.16. The number of aromatic nitrogens is 4. The van der Waals surface area contributed by atoms with Crippen molar-refractivity contribution in [1.29, 1.82) is 0 Å². The summed E-state index contributed by atoms with van der Waals surface area (Å²) in [6.07, 6.45) is 0.504. The van der Waals surface area contributed by atoms with E-state index in [0.29, 0.717) is 30.6 Å². The van der Waals surface area contributed by atoms with Crippen LogP contribution >= 0.6 is 11.3 Å². The Hall–Kier alpha value is -2.65. The van der Waals surface area contributed by atoms with Crippen LogP contribution in [0.5, 0.6) is 0 Å². The fourth-order valence-electron chi connectivity index (χ4n) is 3.19. The largest absolute Gasteiger partial charge is 0.296 e. The van der Waals surface area contributed by atoms with Gasteiger partial charge in [-0.3, -0.25) is 19.4 Å². The first-order valence-corrected chi connectivity index (χ1v) is 9.81. The number of carbonyl (C=O) groups excluding carboxylic acids is 2. The van der Waals surface area contributed by atoms with Crippen LogP contribution in [0.25, 0.3) is 4.96 Å². The Morgan fingerprint density at radius 1 is 1.04 bits per heavy atom. The predicted molar refractivity (Wildman–Crippen MR) is 101 cm³/mol. The van der Waals surface area contributed by atoms with Crippen LogP contribution in [-0.2, 0) is 13.0 Å². The summed E-state index contributed by atoms with van der Waals surface area (Å²) in [5.74, 6) is 0.332. The summed E-state index contributed by atoms with van der Waals surface area (Å²) in [4.78, 5) is 29.2. The Morgan fingerprint density at radius 2 is 1.70 bits per heavy atom. The van der Waals surface area contributed by atoms with E-state index < -0.39 is 0 Å². The third kappa shape index (κ3) is 3.13. The molecule has 2 aromatic heterocycles. The van der Waals surface area contributed by atoms with Crippen LogP contribution < -0.4 is 0 Å². The highest BCUT2D eigenvalue weighted by molar-refractivity contribution is 7.16. The number of benzene rings is 1. The number of fused-ring (bicyclic) bond motifs is 2. The zero-order valence-electron chi connectivity index (χ0n) is 15.3. The quantitative estimate of drug-likeness (QED) is 0.578. The third-order valence-electron chi connectivity index (χ3n) is 4.78. The van der Waals surface area contributed by atoms with Crippen LogP contribution in [-0.4, -0.2) is 61.1 Å². The highest BCUT2D eigenvalue weighted by Gasteiger charge is 2.34. The summed E-state index contributed by atoms with van der Waals surface area (Å²) in [6.45, 7) is 7.08. The van der Waals surface area contributed by atoms with E-state index in [-0.39, 0.29) is 11.8 Å². The van der Waals surface area contributed by atoms with Gasteiger partial charge in [-0.1, -0.05) is 37.3 Å². The molecule has 3 aromatic rings. The molecule has 1 aliphatic rings. The Kier molecular flexibility index (Phi) is 4.71. The minimum Gasteiger partial charge on any atom is -0.296 e. The molecule has 27 heavy (non-hydrogen) atoms. The Balaban J connectivity index is 1.48. The van der Waals surface area contributed by atoms with Crippen LogP contribution in [0.1, 0.15) is 45.4 Å². The maximum absolute atomic E-state index is 12.4. The molecule has 140 valence electrons. The van der Waals surface area contributed by atoms with E-state index in [9.17, 15) is 9.59 Å². The number of amides is 2. The van der Waals surface area contributed by atoms with Gasteiger partial charge in [-0.2, -0.15) is 9.61 Å². The van der Waals surface area contributed by atoms with Gasteiger partial charge in [0.25, 0.3) is 11.8 Å². The van der Waals surface area contributed by atoms with Gasteiger partial charge in [0.1, 0.15) is 5.01 Å². The van der Waals surface area contributed by atoms with Crippen molar-refractivity contribution < 1.29 is 9.59 Å². The van der Waals surface area contributed by atoms with Crippen molar-refractivity contribution >= 4 is 28.1 Å². The molecule has 0 unspecified atom stereocenters. The Labute approximate surface area is 160 Å². The fourth-order valence-corrected chi connectivity index (χ4v) is 4.03. The van der Waals surface area contributed by atoms with Gasteiger partial charge in [0.2, 0.25) is 4.96 Å². The van der Waals surface area contributed by atoms with Crippen molar-refractivity contribution in [2.75, 3.05) is 19.6 Å². The number of imide groups is 1. The van der Waals surface area contributed by atoms with Crippen LogP contribution in [0, 0.1) is 0 Å². The molecule has 0 bridgehead atoms. The van der Waals surface area contributed by atoms with Crippen molar-refractivity contribution in [2.45, 2.75) is 26.8 Å². The highest BCUT2D eigenvalue weighted by atomic mass is 32.1. The second-order valence-electron chi connectivity index (χ2n) is 6.33. The average molecular weight is 384 g/mol. The normalized spacial score (nSPS) is 14.0. The van der Waals surface area contributed by atoms with E-state index in [0.717, 1.165) is 28.9 Å². The first-order chi connectivity index (χ1) is 13.1. The van der Waals surface area contributed by atoms with Gasteiger partial charge in [-0.15, -0.1) is 10.2 Å². The molecule has 0 aliphatic carbocycles. The van der Waals surface area contributed by atoms with E-state index in [4.69, 9.17) is 0 Å². The van der Waals surface area contributed by atoms with Crippen LogP contribution in [0.15, 0.2) is 24.3 Å². The topological polar surface area (TPSA) is 83.7 Å². The zero-order valence-corrected chi connectivity index (χ0v) is 16.1. The van der Waals surface area contributed by atoms with Crippen molar-refractivity contribution in [3.63, 3.8) is 0 Å². The summed E-state index contributed by atoms with van der Waals surface area (Å²) in [6, 6.07) is 6.93. The summed E-state index contributed by atoms with van der Waals surface area (Å²) in [5.41, 5.74) is 0.948. The van der Waals surface area contributed by atoms with Crippen molar-refractivity contribution in [1.82, 2.24) is 29.6 Å². The van der Waals surface area contributed by atoms with Gasteiger partial charge >= 0.3 is 0 Å². The van der Waals surface area contributed by atoms with E-state index in [1.807, 2.05) is 0 Å². The fraction of sp³-hybridized carbons (Fsp3) is 0.389. The first kappa shape index (κ1) is 17.7. The number of nitrogens with zero attached hydrogens (tertiary/aromatic N) is 6. The standard InChI is InChI=1S/C18H20N6O2S/c1-3-22(4-2)11-14-19-20-18-24(14)21-15(27-18)9-10-23-16(25)12-7-5-6-8-13(12)17(23)26/h5-8H,3-4,9-11H2,1-2H3. The van der Waals surface area contributed by atoms with E-state index in [1.165, 1.54) is 16.2 Å². The molecule has 2 amide bonds. The molecule has 4 rings (SSSR count). The lowest BCUT2D eigenvalue weighted by molar-refractivity contribution is 0.0656. The highest BCUT2D eigenvalue weighted by Crippen LogP contribution is 2.23. The van der Waals surface area contributed by atoms with Gasteiger partial charge in [-0.25, -0.2) is 0 Å². The van der Waals surface area contributed by atoms with Gasteiger partial charge in [0.15, 0.2) is 5.82 Å². The minimum absolute atomic E-state index is 0.235. The molecule has 0 saturated heterocycles. The Bertz CT molecular complexity index is 971. The third-order valence-corrected chi connectivity index (χ3v) is 5.74. The lowest BCUT2D eigenvalue weighted by Crippen LogP contribution is -2.31. The predicted octanol–water partition coefficient (Wildman–Crippen LogP) is 1.87. The SMILES string of the molecule is CCN(CC)Cc1nnc2sc(CCN3C(=O)c4ccccc4C3=O)nn12. The van der Waals surface area contributed by atoms with Gasteiger partial charge in [0, 0.05) is 13.0 Å². The maximum atomic E-state index is 12.4. The molecule has 0 saturated carbocycles. The summed E-state index contributed by atoms with van der Waals surface area (Å²) in [5, 5.41) is 13.8. The molecule has 0 fully saturated rings. The first-order valence-electron chi connectivity index (χ1n) is 9.00. The number of carbonyl (C=O) groups is 2. The number of hydrogen-bond acceptors (Lipinski definition) is 7. The lowest BCUT2D eigenvalue weighted by Gasteiger charge is -2.15. The molecule has 8 nitrogen and oxygen atoms in total. The van der Waals surface area contributed by atoms with Crippen molar-refractivity contribution in [2.24, 2.45) is 0 Å². The van der Waals surface area contributed by atoms with Crippen LogP contribution in [0.4, 0.5) is 0 Å². The molecule has 3 heterocycles. The molecule has 0 spiro atoms. The Morgan fingerprint density at radius 3 is 2.33 bits per heavy atom.